The van der Waals surface area contributed by atoms with Crippen molar-refractivity contribution in [2.45, 2.75) is 27.0 Å². The molecule has 2 rings (SSSR count). The Balaban J connectivity index is 0.00000264. The van der Waals surface area contributed by atoms with Crippen molar-refractivity contribution in [2.75, 3.05) is 12.3 Å². The number of rotatable bonds is 6. The molecule has 1 aromatic heterocycles. The minimum Gasteiger partial charge on any atom is -1.00 e. The normalized spacial score (nSPS) is 10.2. The first-order chi connectivity index (χ1) is 10.5. The average molecular weight is 445 g/mol. The van der Waals surface area contributed by atoms with E-state index in [0.29, 0.717) is 30.4 Å². The molecule has 0 amide bonds. The van der Waals surface area contributed by atoms with E-state index >= 15 is 0 Å². The van der Waals surface area contributed by atoms with Crippen molar-refractivity contribution >= 4 is 27.5 Å². The fourth-order valence-corrected chi connectivity index (χ4v) is 2.29. The number of carbonyl (C=O) groups is 1. The predicted octanol–water partition coefficient (Wildman–Crippen LogP) is -0.554. The van der Waals surface area contributed by atoms with Gasteiger partial charge in [-0.3, -0.25) is 4.79 Å². The second-order valence-electron chi connectivity index (χ2n) is 4.89. The van der Waals surface area contributed by atoms with E-state index in [0.717, 1.165) is 10.0 Å². The molecular weight excluding hydrogens is 426 g/mol. The van der Waals surface area contributed by atoms with Gasteiger partial charge in [0.05, 0.1) is 12.2 Å². The second kappa shape index (κ2) is 9.10. The molecule has 0 aliphatic heterocycles. The standard InChI is InChI=1S/C16H18BrN3O2.BrH/c1-3-22-10-13-8-20(11(2)19-16(13)18)9-15(21)12-4-6-14(17)7-5-12;/h4-8,18H,3,9-10H2,1-2H3;1H. The maximum Gasteiger partial charge on any atom is 0.298 e. The highest BCUT2D eigenvalue weighted by atomic mass is 79.9. The van der Waals surface area contributed by atoms with Gasteiger partial charge in [-0.2, -0.15) is 0 Å². The van der Waals surface area contributed by atoms with Gasteiger partial charge < -0.3 is 27.5 Å². The number of nitrogens with two attached hydrogens (primary N) is 1. The zero-order valence-corrected chi connectivity index (χ0v) is 16.2. The van der Waals surface area contributed by atoms with Crippen LogP contribution in [-0.2, 0) is 17.9 Å². The number of hydrogen-bond acceptors (Lipinski definition) is 4. The number of nitrogen functional groups attached to an aromatic ring is 1. The van der Waals surface area contributed by atoms with Crippen LogP contribution in [-0.4, -0.2) is 17.4 Å². The Morgan fingerprint density at radius 3 is 2.61 bits per heavy atom. The summed E-state index contributed by atoms with van der Waals surface area (Å²) in [5, 5.41) is 0. The first kappa shape index (κ1) is 19.7. The van der Waals surface area contributed by atoms with Gasteiger partial charge in [-0.25, -0.2) is 4.57 Å². The summed E-state index contributed by atoms with van der Waals surface area (Å²) in [5.41, 5.74) is 7.35. The molecule has 0 spiro atoms. The van der Waals surface area contributed by atoms with Crippen LogP contribution < -0.4 is 27.3 Å². The molecule has 0 atom stereocenters. The number of halogens is 2. The van der Waals surface area contributed by atoms with Gasteiger partial charge in [-0.15, -0.1) is 0 Å². The highest BCUT2D eigenvalue weighted by Crippen LogP contribution is 2.12. The second-order valence-corrected chi connectivity index (χ2v) is 5.81. The Hall–Kier alpha value is -1.31. The van der Waals surface area contributed by atoms with Crippen LogP contribution in [0.15, 0.2) is 34.9 Å². The molecule has 0 saturated heterocycles. The van der Waals surface area contributed by atoms with E-state index in [4.69, 9.17) is 10.5 Å². The van der Waals surface area contributed by atoms with Crippen LogP contribution in [0.2, 0.25) is 0 Å². The van der Waals surface area contributed by atoms with Gasteiger partial charge in [-0.1, -0.05) is 28.1 Å². The molecule has 0 bridgehead atoms. The lowest BCUT2D eigenvalue weighted by Gasteiger charge is -2.06. The zero-order chi connectivity index (χ0) is 16.1. The molecule has 0 aliphatic rings. The topological polar surface area (TPSA) is 69.1 Å². The Bertz CT molecular complexity index is 676. The van der Waals surface area contributed by atoms with Crippen molar-refractivity contribution in [1.82, 2.24) is 4.98 Å². The average Bonchev–Trinajstić information content (AvgIpc) is 2.49. The third kappa shape index (κ3) is 5.37. The number of hydrogen-bond donors (Lipinski definition) is 1. The summed E-state index contributed by atoms with van der Waals surface area (Å²) >= 11 is 3.36. The summed E-state index contributed by atoms with van der Waals surface area (Å²) in [4.78, 5) is 16.6. The molecule has 0 saturated carbocycles. The van der Waals surface area contributed by atoms with Gasteiger partial charge >= 0.3 is 0 Å². The molecule has 0 fully saturated rings. The molecule has 0 radical (unpaired) electrons. The van der Waals surface area contributed by atoms with Crippen molar-refractivity contribution in [1.29, 1.82) is 0 Å². The fraction of sp³-hybridized carbons (Fsp3) is 0.312. The van der Waals surface area contributed by atoms with Crippen LogP contribution in [0.4, 0.5) is 5.82 Å². The molecule has 0 aliphatic carbocycles. The first-order valence-corrected chi connectivity index (χ1v) is 7.82. The molecule has 124 valence electrons. The van der Waals surface area contributed by atoms with E-state index in [-0.39, 0.29) is 29.3 Å². The third-order valence-corrected chi connectivity index (χ3v) is 3.81. The van der Waals surface area contributed by atoms with Crippen molar-refractivity contribution in [3.8, 4) is 0 Å². The Kier molecular flexibility index (Phi) is 7.81. The van der Waals surface area contributed by atoms with Crippen molar-refractivity contribution in [2.24, 2.45) is 0 Å². The number of ketones is 1. The van der Waals surface area contributed by atoms with E-state index in [1.807, 2.05) is 32.2 Å². The minimum absolute atomic E-state index is 0. The predicted molar refractivity (Wildman–Crippen MR) is 87.4 cm³/mol. The largest absolute Gasteiger partial charge is 1.00 e. The summed E-state index contributed by atoms with van der Waals surface area (Å²) in [5.74, 6) is 1.16. The molecule has 2 N–H and O–H groups in total. The molecule has 1 heterocycles. The molecule has 7 heteroatoms. The first-order valence-electron chi connectivity index (χ1n) is 7.03. The van der Waals surface area contributed by atoms with Crippen LogP contribution in [0.5, 0.6) is 0 Å². The number of anilines is 1. The number of nitrogens with zero attached hydrogens (tertiary/aromatic N) is 2. The van der Waals surface area contributed by atoms with Gasteiger partial charge in [0.2, 0.25) is 11.6 Å². The number of Topliss-reactive ketones (excluding diaryl/α,β-unsaturated/α-hetero) is 1. The molecular formula is C16H19Br2N3O2. The minimum atomic E-state index is 0. The van der Waals surface area contributed by atoms with Crippen LogP contribution in [0.3, 0.4) is 0 Å². The lowest BCUT2D eigenvalue weighted by atomic mass is 10.1. The monoisotopic (exact) mass is 443 g/mol. The lowest BCUT2D eigenvalue weighted by Crippen LogP contribution is -3.00. The number of aryl methyl sites for hydroxylation is 1. The maximum atomic E-state index is 12.4. The highest BCUT2D eigenvalue weighted by molar-refractivity contribution is 9.10. The van der Waals surface area contributed by atoms with Crippen LogP contribution >= 0.6 is 15.9 Å². The summed E-state index contributed by atoms with van der Waals surface area (Å²) in [7, 11) is 0. The molecule has 2 aromatic rings. The number of carbonyl (C=O) groups excluding carboxylic acids is 1. The van der Waals surface area contributed by atoms with Crippen molar-refractivity contribution in [3.05, 3.63) is 51.9 Å². The van der Waals surface area contributed by atoms with Crippen LogP contribution in [0.25, 0.3) is 0 Å². The quantitative estimate of drug-likeness (QED) is 0.479. The molecule has 5 nitrogen and oxygen atoms in total. The van der Waals surface area contributed by atoms with Crippen LogP contribution in [0.1, 0.15) is 28.7 Å². The fourth-order valence-electron chi connectivity index (χ4n) is 2.02. The molecule has 0 unspecified atom stereocenters. The van der Waals surface area contributed by atoms with Crippen molar-refractivity contribution < 1.29 is 31.1 Å². The van der Waals surface area contributed by atoms with Gasteiger partial charge in [0.25, 0.3) is 5.82 Å². The summed E-state index contributed by atoms with van der Waals surface area (Å²) < 4.78 is 8.12. The highest BCUT2D eigenvalue weighted by Gasteiger charge is 2.18. The Morgan fingerprint density at radius 1 is 1.35 bits per heavy atom. The summed E-state index contributed by atoms with van der Waals surface area (Å²) in [6.07, 6.45) is 1.84. The van der Waals surface area contributed by atoms with Crippen molar-refractivity contribution in [3.63, 3.8) is 0 Å². The summed E-state index contributed by atoms with van der Waals surface area (Å²) in [6, 6.07) is 7.31. The van der Waals surface area contributed by atoms with Crippen LogP contribution in [0, 0.1) is 6.92 Å². The van der Waals surface area contributed by atoms with E-state index < -0.39 is 0 Å². The zero-order valence-electron chi connectivity index (χ0n) is 13.1. The van der Waals surface area contributed by atoms with E-state index in [2.05, 4.69) is 20.9 Å². The SMILES string of the molecule is CCOCc1c[n+](CC(=O)c2ccc(Br)cc2)c(C)nc1N.[Br-]. The number of aromatic nitrogens is 2. The summed E-state index contributed by atoms with van der Waals surface area (Å²) in [6.45, 7) is 4.96. The Labute approximate surface area is 154 Å². The number of ether oxygens (including phenoxy) is 1. The van der Waals surface area contributed by atoms with E-state index in [1.165, 1.54) is 0 Å². The van der Waals surface area contributed by atoms with Gasteiger partial charge in [0.15, 0.2) is 6.54 Å². The van der Waals surface area contributed by atoms with Gasteiger partial charge in [0.1, 0.15) is 6.20 Å². The van der Waals surface area contributed by atoms with Gasteiger partial charge in [0, 0.05) is 23.6 Å². The maximum absolute atomic E-state index is 12.4. The van der Waals surface area contributed by atoms with E-state index in [9.17, 15) is 4.79 Å². The Morgan fingerprint density at radius 2 is 2.00 bits per heavy atom. The van der Waals surface area contributed by atoms with E-state index in [1.54, 1.807) is 16.7 Å². The molecule has 1 aromatic carbocycles. The molecule has 23 heavy (non-hydrogen) atoms. The third-order valence-electron chi connectivity index (χ3n) is 3.28. The lowest BCUT2D eigenvalue weighted by molar-refractivity contribution is -0.692. The van der Waals surface area contributed by atoms with Gasteiger partial charge in [-0.05, 0) is 24.0 Å². The number of benzene rings is 1. The smallest absolute Gasteiger partial charge is 0.298 e.